The number of nitrogens with zero attached hydrogens (tertiary/aromatic N) is 1. The highest BCUT2D eigenvalue weighted by Crippen LogP contribution is 2.43. The third-order valence-electron chi connectivity index (χ3n) is 3.35. The summed E-state index contributed by atoms with van der Waals surface area (Å²) in [4.78, 5) is 14.1. The molecule has 1 aliphatic heterocycles. The van der Waals surface area contributed by atoms with Gasteiger partial charge in [-0.2, -0.15) is 0 Å². The van der Waals surface area contributed by atoms with Crippen LogP contribution in [-0.2, 0) is 4.79 Å². The number of amides is 1. The SMILES string of the molecule is Cc1ccc(N2C(=O)CS[C@@H]2c2ccccc2Br)cc1. The van der Waals surface area contributed by atoms with Gasteiger partial charge in [-0.3, -0.25) is 9.69 Å². The minimum atomic E-state index is 0.0424. The smallest absolute Gasteiger partial charge is 0.238 e. The topological polar surface area (TPSA) is 20.3 Å². The molecule has 4 heteroatoms. The highest BCUT2D eigenvalue weighted by atomic mass is 79.9. The van der Waals surface area contributed by atoms with Crippen LogP contribution in [0.1, 0.15) is 16.5 Å². The number of carbonyl (C=O) groups excluding carboxylic acids is 1. The fourth-order valence-electron chi connectivity index (χ4n) is 2.31. The summed E-state index contributed by atoms with van der Waals surface area (Å²) >= 11 is 5.26. The van der Waals surface area contributed by atoms with Crippen LogP contribution in [0.5, 0.6) is 0 Å². The van der Waals surface area contributed by atoms with Gasteiger partial charge in [0, 0.05) is 10.2 Å². The number of rotatable bonds is 2. The number of halogens is 1. The van der Waals surface area contributed by atoms with Crippen LogP contribution in [0.4, 0.5) is 5.69 Å². The van der Waals surface area contributed by atoms with E-state index in [2.05, 4.69) is 28.9 Å². The van der Waals surface area contributed by atoms with Crippen LogP contribution in [0.2, 0.25) is 0 Å². The van der Waals surface area contributed by atoms with Gasteiger partial charge in [0.2, 0.25) is 5.91 Å². The van der Waals surface area contributed by atoms with Gasteiger partial charge in [-0.15, -0.1) is 11.8 Å². The van der Waals surface area contributed by atoms with E-state index in [0.29, 0.717) is 5.75 Å². The average molecular weight is 348 g/mol. The van der Waals surface area contributed by atoms with Crippen molar-refractivity contribution in [2.45, 2.75) is 12.3 Å². The summed E-state index contributed by atoms with van der Waals surface area (Å²) in [6, 6.07) is 16.2. The molecule has 0 N–H and O–H groups in total. The molecule has 1 atom stereocenters. The van der Waals surface area contributed by atoms with E-state index in [1.165, 1.54) is 5.56 Å². The first-order valence-corrected chi connectivity index (χ1v) is 8.26. The second kappa shape index (κ2) is 5.62. The van der Waals surface area contributed by atoms with Gasteiger partial charge in [-0.25, -0.2) is 0 Å². The molecule has 0 radical (unpaired) electrons. The molecule has 0 saturated carbocycles. The summed E-state index contributed by atoms with van der Waals surface area (Å²) in [6.07, 6.45) is 0. The Bertz CT molecular complexity index is 641. The molecule has 3 rings (SSSR count). The predicted molar refractivity (Wildman–Crippen MR) is 88.0 cm³/mol. The lowest BCUT2D eigenvalue weighted by molar-refractivity contribution is -0.115. The molecule has 1 aliphatic rings. The van der Waals surface area contributed by atoms with E-state index in [0.717, 1.165) is 15.7 Å². The molecule has 1 fully saturated rings. The zero-order valence-corrected chi connectivity index (χ0v) is 13.4. The van der Waals surface area contributed by atoms with E-state index in [4.69, 9.17) is 0 Å². The molecule has 2 nitrogen and oxygen atoms in total. The molecule has 0 aromatic heterocycles. The number of carbonyl (C=O) groups is 1. The summed E-state index contributed by atoms with van der Waals surface area (Å²) < 4.78 is 1.05. The zero-order chi connectivity index (χ0) is 14.1. The Morgan fingerprint density at radius 2 is 1.85 bits per heavy atom. The number of benzene rings is 2. The van der Waals surface area contributed by atoms with Gasteiger partial charge in [0.15, 0.2) is 0 Å². The van der Waals surface area contributed by atoms with Crippen LogP contribution in [0.25, 0.3) is 0 Å². The third kappa shape index (κ3) is 2.50. The molecule has 0 spiro atoms. The summed E-state index contributed by atoms with van der Waals surface area (Å²) in [5.41, 5.74) is 3.31. The number of thioether (sulfide) groups is 1. The quantitative estimate of drug-likeness (QED) is 0.794. The van der Waals surface area contributed by atoms with Crippen molar-refractivity contribution in [1.82, 2.24) is 0 Å². The lowest BCUT2D eigenvalue weighted by Gasteiger charge is -2.25. The van der Waals surface area contributed by atoms with Crippen molar-refractivity contribution in [3.05, 3.63) is 64.1 Å². The normalized spacial score (nSPS) is 18.6. The van der Waals surface area contributed by atoms with Crippen molar-refractivity contribution in [2.75, 3.05) is 10.7 Å². The Hall–Kier alpha value is -1.26. The van der Waals surface area contributed by atoms with Crippen molar-refractivity contribution >= 4 is 39.3 Å². The summed E-state index contributed by atoms with van der Waals surface area (Å²) in [6.45, 7) is 2.05. The second-order valence-corrected chi connectivity index (χ2v) is 6.71. The molecule has 1 amide bonds. The number of hydrogen-bond acceptors (Lipinski definition) is 2. The van der Waals surface area contributed by atoms with Crippen molar-refractivity contribution < 1.29 is 4.79 Å². The van der Waals surface area contributed by atoms with Gasteiger partial charge in [0.05, 0.1) is 5.75 Å². The second-order valence-electron chi connectivity index (χ2n) is 4.78. The fourth-order valence-corrected chi connectivity index (χ4v) is 4.18. The van der Waals surface area contributed by atoms with Crippen molar-refractivity contribution in [2.24, 2.45) is 0 Å². The Balaban J connectivity index is 2.01. The first-order chi connectivity index (χ1) is 9.66. The lowest BCUT2D eigenvalue weighted by Crippen LogP contribution is -2.27. The first kappa shape index (κ1) is 13.7. The van der Waals surface area contributed by atoms with E-state index in [9.17, 15) is 4.79 Å². The molecule has 20 heavy (non-hydrogen) atoms. The highest BCUT2D eigenvalue weighted by Gasteiger charge is 2.34. The number of anilines is 1. The van der Waals surface area contributed by atoms with Crippen LogP contribution in [0, 0.1) is 6.92 Å². The van der Waals surface area contributed by atoms with Gasteiger partial charge in [0.1, 0.15) is 5.37 Å². The zero-order valence-electron chi connectivity index (χ0n) is 11.0. The summed E-state index contributed by atoms with van der Waals surface area (Å²) in [5.74, 6) is 0.694. The first-order valence-electron chi connectivity index (χ1n) is 6.41. The van der Waals surface area contributed by atoms with E-state index in [-0.39, 0.29) is 11.3 Å². The van der Waals surface area contributed by atoms with Crippen LogP contribution < -0.4 is 4.90 Å². The van der Waals surface area contributed by atoms with Gasteiger partial charge in [0.25, 0.3) is 0 Å². The van der Waals surface area contributed by atoms with Gasteiger partial charge in [-0.1, -0.05) is 51.8 Å². The minimum Gasteiger partial charge on any atom is -0.295 e. The molecule has 1 heterocycles. The summed E-state index contributed by atoms with van der Waals surface area (Å²) in [7, 11) is 0. The van der Waals surface area contributed by atoms with Gasteiger partial charge < -0.3 is 0 Å². The predicted octanol–water partition coefficient (Wildman–Crippen LogP) is 4.54. The van der Waals surface area contributed by atoms with E-state index >= 15 is 0 Å². The van der Waals surface area contributed by atoms with Gasteiger partial charge in [-0.05, 0) is 30.7 Å². The molecular weight excluding hydrogens is 334 g/mol. The molecule has 0 bridgehead atoms. The minimum absolute atomic E-state index is 0.0424. The van der Waals surface area contributed by atoms with Crippen LogP contribution >= 0.6 is 27.7 Å². The third-order valence-corrected chi connectivity index (χ3v) is 5.27. The van der Waals surface area contributed by atoms with Gasteiger partial charge >= 0.3 is 0 Å². The maximum atomic E-state index is 12.2. The van der Waals surface area contributed by atoms with Crippen molar-refractivity contribution in [3.63, 3.8) is 0 Å². The summed E-state index contributed by atoms with van der Waals surface area (Å²) in [5, 5.41) is 0.0424. The molecule has 0 unspecified atom stereocenters. The molecule has 2 aromatic carbocycles. The lowest BCUT2D eigenvalue weighted by atomic mass is 10.1. The van der Waals surface area contributed by atoms with E-state index in [1.54, 1.807) is 11.8 Å². The Morgan fingerprint density at radius 1 is 1.15 bits per heavy atom. The highest BCUT2D eigenvalue weighted by molar-refractivity contribution is 9.10. The number of hydrogen-bond donors (Lipinski definition) is 0. The molecular formula is C16H14BrNOS. The number of aryl methyl sites for hydroxylation is 1. The Kier molecular flexibility index (Phi) is 3.85. The van der Waals surface area contributed by atoms with Crippen LogP contribution in [0.3, 0.4) is 0 Å². The van der Waals surface area contributed by atoms with Crippen molar-refractivity contribution in [1.29, 1.82) is 0 Å². The van der Waals surface area contributed by atoms with Crippen LogP contribution in [0.15, 0.2) is 53.0 Å². The maximum Gasteiger partial charge on any atom is 0.238 e. The Labute approximate surface area is 131 Å². The van der Waals surface area contributed by atoms with Crippen LogP contribution in [-0.4, -0.2) is 11.7 Å². The molecule has 102 valence electrons. The fraction of sp³-hybridized carbons (Fsp3) is 0.188. The van der Waals surface area contributed by atoms with Crippen molar-refractivity contribution in [3.8, 4) is 0 Å². The monoisotopic (exact) mass is 347 g/mol. The maximum absolute atomic E-state index is 12.2. The van der Waals surface area contributed by atoms with E-state index < -0.39 is 0 Å². The van der Waals surface area contributed by atoms with E-state index in [1.807, 2.05) is 47.4 Å². The average Bonchev–Trinajstić information content (AvgIpc) is 2.82. The molecule has 0 aliphatic carbocycles. The standard InChI is InChI=1S/C16H14BrNOS/c1-11-6-8-12(9-7-11)18-15(19)10-20-16(18)13-4-2-3-5-14(13)17/h2-9,16H,10H2,1H3/t16-/m1/s1. The molecule has 1 saturated heterocycles. The molecule has 2 aromatic rings. The largest absolute Gasteiger partial charge is 0.295 e. The Morgan fingerprint density at radius 3 is 2.55 bits per heavy atom.